The average molecular weight is 516 g/mol. The van der Waals surface area contributed by atoms with Crippen LogP contribution in [0.3, 0.4) is 0 Å². The summed E-state index contributed by atoms with van der Waals surface area (Å²) in [6.07, 6.45) is 1.22. The Morgan fingerprint density at radius 1 is 1.14 bits per heavy atom. The van der Waals surface area contributed by atoms with Gasteiger partial charge in [-0.05, 0) is 94.2 Å². The van der Waals surface area contributed by atoms with Crippen LogP contribution in [0.15, 0.2) is 36.5 Å². The summed E-state index contributed by atoms with van der Waals surface area (Å²) in [4.78, 5) is 20.1. The van der Waals surface area contributed by atoms with Crippen LogP contribution in [-0.4, -0.2) is 40.7 Å². The third-order valence-electron chi connectivity index (χ3n) is 7.06. The summed E-state index contributed by atoms with van der Waals surface area (Å²) in [7, 11) is 0. The normalized spacial score (nSPS) is 21.8. The molecule has 2 aromatic rings. The van der Waals surface area contributed by atoms with Crippen LogP contribution in [0.1, 0.15) is 49.8 Å². The maximum absolute atomic E-state index is 13.6. The number of carbonyl (C=O) groups is 1. The highest BCUT2D eigenvalue weighted by molar-refractivity contribution is 7.81. The van der Waals surface area contributed by atoms with Gasteiger partial charge in [-0.25, -0.2) is 4.98 Å². The minimum atomic E-state index is -4.80. The Morgan fingerprint density at radius 2 is 1.89 bits per heavy atom. The fourth-order valence-electron chi connectivity index (χ4n) is 5.06. The number of halogens is 3. The standard InChI is InChI=1S/C25H24F3N5O2S/c26-25(27,28)20-13-17(15-31-21(20)14-29)32-22(34)24(9-2-10-24)33(23(32)36)16-4-6-19(7-5-16)35-18-3-1-11-30-12-8-18/h4-7,13,15,18,30H,1-3,8-12H2. The van der Waals surface area contributed by atoms with E-state index >= 15 is 0 Å². The van der Waals surface area contributed by atoms with Gasteiger partial charge in [-0.2, -0.15) is 18.4 Å². The number of nitriles is 1. The lowest BCUT2D eigenvalue weighted by atomic mass is 9.75. The minimum absolute atomic E-state index is 0.0860. The first-order valence-corrected chi connectivity index (χ1v) is 12.3. The van der Waals surface area contributed by atoms with Crippen LogP contribution in [0.4, 0.5) is 24.5 Å². The van der Waals surface area contributed by atoms with Gasteiger partial charge in [0.1, 0.15) is 17.4 Å². The van der Waals surface area contributed by atoms with E-state index in [1.807, 2.05) is 24.3 Å². The summed E-state index contributed by atoms with van der Waals surface area (Å²) >= 11 is 5.65. The first-order chi connectivity index (χ1) is 17.2. The highest BCUT2D eigenvalue weighted by Crippen LogP contribution is 2.48. The van der Waals surface area contributed by atoms with Crippen molar-refractivity contribution in [3.8, 4) is 11.8 Å². The Balaban J connectivity index is 1.44. The van der Waals surface area contributed by atoms with Crippen LogP contribution >= 0.6 is 12.2 Å². The van der Waals surface area contributed by atoms with E-state index in [0.29, 0.717) is 24.3 Å². The molecule has 1 aromatic carbocycles. The lowest BCUT2D eigenvalue weighted by Gasteiger charge is -2.43. The predicted octanol–water partition coefficient (Wildman–Crippen LogP) is 4.55. The van der Waals surface area contributed by atoms with Crippen molar-refractivity contribution in [2.24, 2.45) is 0 Å². The molecule has 11 heteroatoms. The van der Waals surface area contributed by atoms with E-state index in [1.165, 1.54) is 6.07 Å². The number of alkyl halides is 3. The minimum Gasteiger partial charge on any atom is -0.490 e. The van der Waals surface area contributed by atoms with Crippen LogP contribution in [-0.2, 0) is 11.0 Å². The molecule has 1 unspecified atom stereocenters. The fraction of sp³-hybridized carbons (Fsp3) is 0.440. The molecule has 1 saturated carbocycles. The highest BCUT2D eigenvalue weighted by atomic mass is 32.1. The summed E-state index contributed by atoms with van der Waals surface area (Å²) in [6.45, 7) is 1.89. The molecule has 188 valence electrons. The number of pyridine rings is 1. The third kappa shape index (κ3) is 4.18. The highest BCUT2D eigenvalue weighted by Gasteiger charge is 2.59. The first kappa shape index (κ1) is 24.5. The van der Waals surface area contributed by atoms with Crippen molar-refractivity contribution in [1.29, 1.82) is 5.26 Å². The monoisotopic (exact) mass is 515 g/mol. The lowest BCUT2D eigenvalue weighted by molar-refractivity contribution is -0.138. The zero-order chi connectivity index (χ0) is 25.5. The van der Waals surface area contributed by atoms with Crippen molar-refractivity contribution < 1.29 is 22.7 Å². The Labute approximate surface area is 211 Å². The number of anilines is 2. The zero-order valence-corrected chi connectivity index (χ0v) is 20.2. The van der Waals surface area contributed by atoms with Gasteiger partial charge in [0.15, 0.2) is 10.8 Å². The maximum Gasteiger partial charge on any atom is 0.419 e. The van der Waals surface area contributed by atoms with Crippen molar-refractivity contribution in [1.82, 2.24) is 10.3 Å². The second-order valence-corrected chi connectivity index (χ2v) is 9.62. The molecule has 36 heavy (non-hydrogen) atoms. The van der Waals surface area contributed by atoms with Gasteiger partial charge in [-0.1, -0.05) is 0 Å². The van der Waals surface area contributed by atoms with Crippen molar-refractivity contribution >= 4 is 34.6 Å². The zero-order valence-electron chi connectivity index (χ0n) is 19.3. The number of aromatic nitrogens is 1. The predicted molar refractivity (Wildman–Crippen MR) is 131 cm³/mol. The molecule has 5 rings (SSSR count). The van der Waals surface area contributed by atoms with Gasteiger partial charge in [-0.15, -0.1) is 0 Å². The molecule has 1 N–H and O–H groups in total. The molecule has 1 amide bonds. The summed E-state index contributed by atoms with van der Waals surface area (Å²) in [5.74, 6) is 0.331. The summed E-state index contributed by atoms with van der Waals surface area (Å²) in [5, 5.41) is 12.5. The third-order valence-corrected chi connectivity index (χ3v) is 7.42. The van der Waals surface area contributed by atoms with Gasteiger partial charge >= 0.3 is 6.18 Å². The van der Waals surface area contributed by atoms with E-state index in [1.54, 1.807) is 4.90 Å². The first-order valence-electron chi connectivity index (χ1n) is 11.9. The van der Waals surface area contributed by atoms with Gasteiger partial charge in [-0.3, -0.25) is 9.69 Å². The van der Waals surface area contributed by atoms with Gasteiger partial charge in [0.2, 0.25) is 0 Å². The van der Waals surface area contributed by atoms with E-state index in [0.717, 1.165) is 55.9 Å². The lowest BCUT2D eigenvalue weighted by Crippen LogP contribution is -2.55. The largest absolute Gasteiger partial charge is 0.490 e. The Kier molecular flexibility index (Phi) is 6.34. The van der Waals surface area contributed by atoms with Crippen LogP contribution < -0.4 is 19.9 Å². The average Bonchev–Trinajstić information content (AvgIpc) is 2.96. The molecular weight excluding hydrogens is 491 g/mol. The number of ether oxygens (including phenoxy) is 1. The number of amides is 1. The van der Waals surface area contributed by atoms with E-state index in [9.17, 15) is 18.0 Å². The van der Waals surface area contributed by atoms with Gasteiger partial charge in [0.25, 0.3) is 5.91 Å². The van der Waals surface area contributed by atoms with Gasteiger partial charge in [0, 0.05) is 5.69 Å². The smallest absolute Gasteiger partial charge is 0.419 e. The molecule has 7 nitrogen and oxygen atoms in total. The van der Waals surface area contributed by atoms with Crippen LogP contribution in [0.2, 0.25) is 0 Å². The number of nitrogens with zero attached hydrogens (tertiary/aromatic N) is 4. The second kappa shape index (κ2) is 9.33. The molecule has 3 fully saturated rings. The maximum atomic E-state index is 13.6. The number of hydrogen-bond donors (Lipinski definition) is 1. The Bertz CT molecular complexity index is 1220. The van der Waals surface area contributed by atoms with Crippen molar-refractivity contribution in [3.63, 3.8) is 0 Å². The SMILES string of the molecule is N#Cc1ncc(N2C(=O)C3(CCC3)N(c3ccc(OC4CCCNCC4)cc3)C2=S)cc1C(F)(F)F. The molecule has 2 aliphatic heterocycles. The van der Waals surface area contributed by atoms with E-state index in [4.69, 9.17) is 22.2 Å². The summed E-state index contributed by atoms with van der Waals surface area (Å²) in [5.41, 5.74) is -2.33. The molecule has 1 spiro atoms. The molecule has 1 aromatic heterocycles. The van der Waals surface area contributed by atoms with Crippen molar-refractivity contribution in [2.75, 3.05) is 22.9 Å². The quantitative estimate of drug-likeness (QED) is 0.598. The van der Waals surface area contributed by atoms with Gasteiger partial charge < -0.3 is 15.0 Å². The molecule has 0 bridgehead atoms. The Hall–Kier alpha value is -3.23. The van der Waals surface area contributed by atoms with E-state index in [2.05, 4.69) is 10.3 Å². The molecule has 0 radical (unpaired) electrons. The molecular formula is C25H24F3N5O2S. The summed E-state index contributed by atoms with van der Waals surface area (Å²) in [6, 6.07) is 9.55. The fourth-order valence-corrected chi connectivity index (χ4v) is 5.53. The topological polar surface area (TPSA) is 81.5 Å². The molecule has 3 aliphatic rings. The number of thiocarbonyl (C=S) groups is 1. The van der Waals surface area contributed by atoms with Crippen LogP contribution in [0, 0.1) is 11.3 Å². The van der Waals surface area contributed by atoms with E-state index < -0.39 is 23.0 Å². The molecule has 2 saturated heterocycles. The number of hydrogen-bond acceptors (Lipinski definition) is 6. The Morgan fingerprint density at radius 3 is 2.53 bits per heavy atom. The van der Waals surface area contributed by atoms with Crippen LogP contribution in [0.5, 0.6) is 5.75 Å². The van der Waals surface area contributed by atoms with E-state index in [-0.39, 0.29) is 22.8 Å². The second-order valence-electron chi connectivity index (χ2n) is 9.26. The number of benzene rings is 1. The molecule has 3 heterocycles. The number of rotatable bonds is 4. The summed E-state index contributed by atoms with van der Waals surface area (Å²) < 4.78 is 46.8. The molecule has 1 atom stereocenters. The number of nitrogens with one attached hydrogen (secondary N) is 1. The van der Waals surface area contributed by atoms with Gasteiger partial charge in [0.05, 0.1) is 23.6 Å². The molecule has 1 aliphatic carbocycles. The van der Waals surface area contributed by atoms with Crippen molar-refractivity contribution in [3.05, 3.63) is 47.8 Å². The van der Waals surface area contributed by atoms with Crippen molar-refractivity contribution in [2.45, 2.75) is 56.3 Å². The van der Waals surface area contributed by atoms with Crippen LogP contribution in [0.25, 0.3) is 0 Å². The number of carbonyl (C=O) groups excluding carboxylic acids is 1.